The number of aromatic nitrogens is 3. The first-order valence-corrected chi connectivity index (χ1v) is 6.74. The van der Waals surface area contributed by atoms with Gasteiger partial charge in [-0.2, -0.15) is 0 Å². The molecule has 0 spiro atoms. The molecule has 3 rings (SSSR count). The predicted octanol–water partition coefficient (Wildman–Crippen LogP) is 3.08. The fraction of sp³-hybridized carbons (Fsp3) is 0.364. The Kier molecular flexibility index (Phi) is 2.94. The number of hydrogen-bond acceptors (Lipinski definition) is 5. The van der Waals surface area contributed by atoms with E-state index in [4.69, 9.17) is 11.6 Å². The molecule has 2 aromatic rings. The minimum Gasteiger partial charge on any atom is -0.363 e. The van der Waals surface area contributed by atoms with Crippen LogP contribution in [-0.2, 0) is 6.54 Å². The molecule has 2 heterocycles. The van der Waals surface area contributed by atoms with E-state index < -0.39 is 0 Å². The molecule has 17 heavy (non-hydrogen) atoms. The second kappa shape index (κ2) is 4.58. The third-order valence-corrected chi connectivity index (χ3v) is 3.53. The lowest BCUT2D eigenvalue weighted by molar-refractivity contribution is 0.920. The Balaban J connectivity index is 1.73. The van der Waals surface area contributed by atoms with Gasteiger partial charge in [0.05, 0.1) is 6.54 Å². The standard InChI is InChI=1S/C11H11ClN4S/c12-8-5-9(14-6-10-13-3-4-17-10)16-11(15-8)7-1-2-7/h3-5,7H,1-2,6H2,(H,14,15,16). The Labute approximate surface area is 108 Å². The van der Waals surface area contributed by atoms with Gasteiger partial charge in [0.15, 0.2) is 0 Å². The van der Waals surface area contributed by atoms with E-state index in [9.17, 15) is 0 Å². The van der Waals surface area contributed by atoms with E-state index in [1.165, 1.54) is 12.8 Å². The fourth-order valence-corrected chi connectivity index (χ4v) is 2.30. The molecule has 2 aromatic heterocycles. The fourth-order valence-electron chi connectivity index (χ4n) is 1.56. The van der Waals surface area contributed by atoms with Gasteiger partial charge in [-0.1, -0.05) is 11.6 Å². The first-order chi connectivity index (χ1) is 8.31. The lowest BCUT2D eigenvalue weighted by atomic mass is 10.4. The van der Waals surface area contributed by atoms with E-state index in [0.717, 1.165) is 16.6 Å². The van der Waals surface area contributed by atoms with E-state index in [0.29, 0.717) is 17.6 Å². The first-order valence-electron chi connectivity index (χ1n) is 5.48. The van der Waals surface area contributed by atoms with Crippen LogP contribution in [-0.4, -0.2) is 15.0 Å². The van der Waals surface area contributed by atoms with Crippen molar-refractivity contribution in [1.82, 2.24) is 15.0 Å². The largest absolute Gasteiger partial charge is 0.363 e. The van der Waals surface area contributed by atoms with E-state index in [-0.39, 0.29) is 0 Å². The molecule has 0 atom stereocenters. The summed E-state index contributed by atoms with van der Waals surface area (Å²) < 4.78 is 0. The van der Waals surface area contributed by atoms with Crippen LogP contribution in [0.5, 0.6) is 0 Å². The van der Waals surface area contributed by atoms with Crippen molar-refractivity contribution < 1.29 is 0 Å². The molecule has 1 N–H and O–H groups in total. The number of anilines is 1. The third-order valence-electron chi connectivity index (χ3n) is 2.56. The summed E-state index contributed by atoms with van der Waals surface area (Å²) in [6, 6.07) is 1.75. The maximum Gasteiger partial charge on any atom is 0.135 e. The number of rotatable bonds is 4. The van der Waals surface area contributed by atoms with Crippen molar-refractivity contribution in [1.29, 1.82) is 0 Å². The molecule has 6 heteroatoms. The Hall–Kier alpha value is -1.20. The average Bonchev–Trinajstić information content (AvgIpc) is 3.04. The molecule has 0 bridgehead atoms. The topological polar surface area (TPSA) is 50.7 Å². The summed E-state index contributed by atoms with van der Waals surface area (Å²) in [5.41, 5.74) is 0. The zero-order valence-corrected chi connectivity index (χ0v) is 10.6. The van der Waals surface area contributed by atoms with Crippen LogP contribution >= 0.6 is 22.9 Å². The van der Waals surface area contributed by atoms with Gasteiger partial charge in [0, 0.05) is 23.6 Å². The van der Waals surface area contributed by atoms with Crippen molar-refractivity contribution in [2.24, 2.45) is 0 Å². The van der Waals surface area contributed by atoms with Crippen LogP contribution in [0.3, 0.4) is 0 Å². The number of hydrogen-bond donors (Lipinski definition) is 1. The number of nitrogens with one attached hydrogen (secondary N) is 1. The summed E-state index contributed by atoms with van der Waals surface area (Å²) in [5, 5.41) is 6.72. The van der Waals surface area contributed by atoms with Gasteiger partial charge in [0.2, 0.25) is 0 Å². The third kappa shape index (κ3) is 2.73. The summed E-state index contributed by atoms with van der Waals surface area (Å²) in [4.78, 5) is 12.9. The second-order valence-corrected chi connectivity index (χ2v) is 5.35. The summed E-state index contributed by atoms with van der Waals surface area (Å²) >= 11 is 7.60. The Morgan fingerprint density at radius 2 is 2.29 bits per heavy atom. The minimum absolute atomic E-state index is 0.503. The van der Waals surface area contributed by atoms with Gasteiger partial charge >= 0.3 is 0 Å². The van der Waals surface area contributed by atoms with Crippen LogP contribution in [0.25, 0.3) is 0 Å². The molecule has 1 fully saturated rings. The normalized spacial score (nSPS) is 14.9. The number of halogens is 1. The van der Waals surface area contributed by atoms with E-state index >= 15 is 0 Å². The quantitative estimate of drug-likeness (QED) is 0.864. The van der Waals surface area contributed by atoms with Crippen LogP contribution < -0.4 is 5.32 Å². The molecular weight excluding hydrogens is 256 g/mol. The van der Waals surface area contributed by atoms with Crippen LogP contribution in [0.4, 0.5) is 5.82 Å². The number of thiazole rings is 1. The Bertz CT molecular complexity index is 510. The van der Waals surface area contributed by atoms with Gasteiger partial charge in [0.1, 0.15) is 21.8 Å². The summed E-state index contributed by atoms with van der Waals surface area (Å²) in [7, 11) is 0. The highest BCUT2D eigenvalue weighted by Crippen LogP contribution is 2.38. The average molecular weight is 267 g/mol. The van der Waals surface area contributed by atoms with Crippen LogP contribution in [0.1, 0.15) is 29.6 Å². The van der Waals surface area contributed by atoms with Crippen molar-refractivity contribution in [3.63, 3.8) is 0 Å². The molecule has 0 radical (unpaired) electrons. The number of nitrogens with zero attached hydrogens (tertiary/aromatic N) is 3. The molecular formula is C11H11ClN4S. The molecule has 88 valence electrons. The molecule has 0 aliphatic heterocycles. The molecule has 4 nitrogen and oxygen atoms in total. The smallest absolute Gasteiger partial charge is 0.135 e. The van der Waals surface area contributed by atoms with E-state index in [1.807, 2.05) is 5.38 Å². The molecule has 1 aliphatic carbocycles. The molecule has 1 aliphatic rings. The van der Waals surface area contributed by atoms with Crippen molar-refractivity contribution in [2.75, 3.05) is 5.32 Å². The molecule has 0 aromatic carbocycles. The molecule has 0 unspecified atom stereocenters. The molecule has 0 saturated heterocycles. The second-order valence-electron chi connectivity index (χ2n) is 3.99. The monoisotopic (exact) mass is 266 g/mol. The van der Waals surface area contributed by atoms with Crippen LogP contribution in [0.2, 0.25) is 5.15 Å². The van der Waals surface area contributed by atoms with E-state index in [1.54, 1.807) is 23.6 Å². The maximum atomic E-state index is 5.98. The van der Waals surface area contributed by atoms with Crippen molar-refractivity contribution in [3.8, 4) is 0 Å². The predicted molar refractivity (Wildman–Crippen MR) is 68.5 cm³/mol. The summed E-state index contributed by atoms with van der Waals surface area (Å²) in [5.74, 6) is 2.15. The van der Waals surface area contributed by atoms with Gasteiger partial charge in [-0.25, -0.2) is 15.0 Å². The summed E-state index contributed by atoms with van der Waals surface area (Å²) in [6.45, 7) is 0.676. The summed E-state index contributed by atoms with van der Waals surface area (Å²) in [6.07, 6.45) is 4.14. The zero-order chi connectivity index (χ0) is 11.7. The van der Waals surface area contributed by atoms with Crippen molar-refractivity contribution >= 4 is 28.8 Å². The molecule has 0 amide bonds. The van der Waals surface area contributed by atoms with Gasteiger partial charge in [-0.05, 0) is 12.8 Å². The van der Waals surface area contributed by atoms with Gasteiger partial charge in [-0.15, -0.1) is 11.3 Å². The molecule has 1 saturated carbocycles. The van der Waals surface area contributed by atoms with E-state index in [2.05, 4.69) is 20.3 Å². The zero-order valence-electron chi connectivity index (χ0n) is 9.06. The Morgan fingerprint density at radius 3 is 3.00 bits per heavy atom. The maximum absolute atomic E-state index is 5.98. The minimum atomic E-state index is 0.503. The van der Waals surface area contributed by atoms with Gasteiger partial charge in [-0.3, -0.25) is 0 Å². The highest BCUT2D eigenvalue weighted by molar-refractivity contribution is 7.09. The SMILES string of the molecule is Clc1cc(NCc2nccs2)nc(C2CC2)n1. The Morgan fingerprint density at radius 1 is 1.41 bits per heavy atom. The van der Waals surface area contributed by atoms with Crippen LogP contribution in [0.15, 0.2) is 17.6 Å². The lowest BCUT2D eigenvalue weighted by Gasteiger charge is -2.05. The van der Waals surface area contributed by atoms with Gasteiger partial charge < -0.3 is 5.32 Å². The van der Waals surface area contributed by atoms with Gasteiger partial charge in [0.25, 0.3) is 0 Å². The first kappa shape index (κ1) is 10.9. The lowest BCUT2D eigenvalue weighted by Crippen LogP contribution is -2.04. The van der Waals surface area contributed by atoms with Crippen LogP contribution in [0, 0.1) is 0 Å². The highest BCUT2D eigenvalue weighted by atomic mass is 35.5. The van der Waals surface area contributed by atoms with Crippen molar-refractivity contribution in [3.05, 3.63) is 33.6 Å². The van der Waals surface area contributed by atoms with Crippen molar-refractivity contribution in [2.45, 2.75) is 25.3 Å². The highest BCUT2D eigenvalue weighted by Gasteiger charge is 2.27.